The fourth-order valence-electron chi connectivity index (χ4n) is 4.08. The van der Waals surface area contributed by atoms with Crippen LogP contribution in [0.15, 0.2) is 36.5 Å². The summed E-state index contributed by atoms with van der Waals surface area (Å²) in [6.07, 6.45) is 24.2. The molecule has 158 valence electrons. The zero-order valence-electron chi connectivity index (χ0n) is 18.0. The van der Waals surface area contributed by atoms with E-state index in [1.807, 2.05) is 6.92 Å². The van der Waals surface area contributed by atoms with Crippen LogP contribution in [0.4, 0.5) is 0 Å². The van der Waals surface area contributed by atoms with Crippen molar-refractivity contribution in [3.05, 3.63) is 36.5 Å². The Kier molecular flexibility index (Phi) is 9.46. The van der Waals surface area contributed by atoms with Gasteiger partial charge in [0.05, 0.1) is 6.42 Å². The highest BCUT2D eigenvalue weighted by Gasteiger charge is 2.55. The molecule has 2 rings (SSSR count). The molecule has 2 heterocycles. The third kappa shape index (κ3) is 7.56. The topological polar surface area (TPSA) is 44.8 Å². The van der Waals surface area contributed by atoms with Crippen LogP contribution in [0, 0.1) is 0 Å². The largest absolute Gasteiger partial charge is 0.456 e. The lowest BCUT2D eigenvalue weighted by Gasteiger charge is -2.43. The molecule has 0 bridgehead atoms. The average Bonchev–Trinajstić information content (AvgIpc) is 2.94. The minimum atomic E-state index is -0.529. The summed E-state index contributed by atoms with van der Waals surface area (Å²) in [5.74, 6) is -0.181. The number of carbonyl (C=O) groups is 1. The van der Waals surface area contributed by atoms with Crippen molar-refractivity contribution in [1.82, 2.24) is 0 Å². The molecule has 2 saturated heterocycles. The number of hydrogen-bond donors (Lipinski definition) is 0. The Hall–Kier alpha value is -1.39. The van der Waals surface area contributed by atoms with E-state index in [0.29, 0.717) is 12.8 Å². The summed E-state index contributed by atoms with van der Waals surface area (Å²) in [7, 11) is 0. The minimum Gasteiger partial charge on any atom is -0.456 e. The number of esters is 1. The van der Waals surface area contributed by atoms with E-state index in [2.05, 4.69) is 50.3 Å². The Balaban J connectivity index is 1.49. The van der Waals surface area contributed by atoms with Gasteiger partial charge in [-0.05, 0) is 39.5 Å². The smallest absolute Gasteiger partial charge is 0.309 e. The van der Waals surface area contributed by atoms with Gasteiger partial charge in [-0.2, -0.15) is 0 Å². The van der Waals surface area contributed by atoms with Gasteiger partial charge in [0.25, 0.3) is 0 Å². The van der Waals surface area contributed by atoms with E-state index in [1.165, 1.54) is 32.1 Å². The Morgan fingerprint density at radius 2 is 1.64 bits per heavy atom. The first kappa shape index (κ1) is 22.9. The fraction of sp³-hybridized carbons (Fsp3) is 0.708. The van der Waals surface area contributed by atoms with Gasteiger partial charge in [0.2, 0.25) is 0 Å². The highest BCUT2D eigenvalue weighted by molar-refractivity contribution is 5.73. The lowest BCUT2D eigenvalue weighted by atomic mass is 9.82. The number of fused-ring (bicyclic) bond motifs is 1. The van der Waals surface area contributed by atoms with Crippen LogP contribution in [0.3, 0.4) is 0 Å². The first-order chi connectivity index (χ1) is 13.5. The van der Waals surface area contributed by atoms with Gasteiger partial charge in [0, 0.05) is 6.42 Å². The standard InChI is InChI=1S/C24H38O4/c1-4-5-6-7-8-9-10-11-12-13-14-15-16-17-18-23(2)20-24(3)21(27-28-23)19-22(25)26-24/h5-10,21H,4,11-20H2,1-3H3/b6-5+,8-7+,10-9+/t21-,23-,24-/m0/s1. The Morgan fingerprint density at radius 3 is 2.39 bits per heavy atom. The van der Waals surface area contributed by atoms with Crippen LogP contribution in [0.25, 0.3) is 0 Å². The summed E-state index contributed by atoms with van der Waals surface area (Å²) in [4.78, 5) is 22.7. The summed E-state index contributed by atoms with van der Waals surface area (Å²) in [5.41, 5.74) is -0.889. The number of hydrogen-bond acceptors (Lipinski definition) is 4. The molecule has 2 aliphatic rings. The molecule has 2 fully saturated rings. The van der Waals surface area contributed by atoms with Gasteiger partial charge in [-0.15, -0.1) is 0 Å². The van der Waals surface area contributed by atoms with Gasteiger partial charge >= 0.3 is 5.97 Å². The maximum absolute atomic E-state index is 11.6. The highest BCUT2D eigenvalue weighted by Crippen LogP contribution is 2.44. The molecule has 4 heteroatoms. The first-order valence-electron chi connectivity index (χ1n) is 11.0. The van der Waals surface area contributed by atoms with Crippen LogP contribution in [0.1, 0.15) is 91.4 Å². The molecule has 0 aliphatic carbocycles. The van der Waals surface area contributed by atoms with Gasteiger partial charge in [0.15, 0.2) is 0 Å². The Bertz CT molecular complexity index is 565. The van der Waals surface area contributed by atoms with Gasteiger partial charge in [-0.3, -0.25) is 4.79 Å². The van der Waals surface area contributed by atoms with Gasteiger partial charge in [-0.1, -0.05) is 75.5 Å². The summed E-state index contributed by atoms with van der Waals surface area (Å²) in [6.45, 7) is 6.18. The number of ether oxygens (including phenoxy) is 1. The molecule has 4 nitrogen and oxygen atoms in total. The Morgan fingerprint density at radius 1 is 0.964 bits per heavy atom. The average molecular weight is 391 g/mol. The third-order valence-electron chi connectivity index (χ3n) is 5.64. The molecule has 0 spiro atoms. The number of allylic oxidation sites excluding steroid dienone is 6. The quantitative estimate of drug-likeness (QED) is 0.168. The van der Waals surface area contributed by atoms with Crippen LogP contribution in [-0.2, 0) is 19.3 Å². The lowest BCUT2D eigenvalue weighted by Crippen LogP contribution is -2.51. The molecule has 0 unspecified atom stereocenters. The molecule has 0 saturated carbocycles. The van der Waals surface area contributed by atoms with E-state index in [-0.39, 0.29) is 17.7 Å². The van der Waals surface area contributed by atoms with Gasteiger partial charge < -0.3 is 4.74 Å². The van der Waals surface area contributed by atoms with Crippen molar-refractivity contribution in [3.8, 4) is 0 Å². The van der Waals surface area contributed by atoms with Crippen molar-refractivity contribution in [3.63, 3.8) is 0 Å². The molecule has 0 amide bonds. The van der Waals surface area contributed by atoms with E-state index in [1.54, 1.807) is 0 Å². The molecule has 0 aromatic heterocycles. The number of unbranched alkanes of at least 4 members (excludes halogenated alkanes) is 6. The van der Waals surface area contributed by atoms with Gasteiger partial charge in [-0.25, -0.2) is 9.78 Å². The van der Waals surface area contributed by atoms with Crippen molar-refractivity contribution in [2.75, 3.05) is 0 Å². The van der Waals surface area contributed by atoms with Crippen LogP contribution in [0.5, 0.6) is 0 Å². The molecule has 0 N–H and O–H groups in total. The van der Waals surface area contributed by atoms with Crippen LogP contribution >= 0.6 is 0 Å². The predicted octanol–water partition coefficient (Wildman–Crippen LogP) is 6.37. The summed E-state index contributed by atoms with van der Waals surface area (Å²) < 4.78 is 5.52. The number of rotatable bonds is 12. The molecule has 0 aromatic carbocycles. The van der Waals surface area contributed by atoms with Crippen molar-refractivity contribution in [2.24, 2.45) is 0 Å². The fourth-order valence-corrected chi connectivity index (χ4v) is 4.08. The second-order valence-corrected chi connectivity index (χ2v) is 8.60. The Labute approximate surface area is 170 Å². The van der Waals surface area contributed by atoms with E-state index >= 15 is 0 Å². The molecule has 0 aromatic rings. The minimum absolute atomic E-state index is 0.181. The lowest BCUT2D eigenvalue weighted by molar-refractivity contribution is -0.428. The summed E-state index contributed by atoms with van der Waals surface area (Å²) in [5, 5.41) is 0. The summed E-state index contributed by atoms with van der Waals surface area (Å²) >= 11 is 0. The SMILES string of the molecule is CC/C=C/C=C/C=C/CCCCCCCC[C@@]1(C)C[C@]2(C)OC(=O)C[C@@H]2OO1. The summed E-state index contributed by atoms with van der Waals surface area (Å²) in [6, 6.07) is 0. The van der Waals surface area contributed by atoms with Crippen molar-refractivity contribution in [1.29, 1.82) is 0 Å². The van der Waals surface area contributed by atoms with Gasteiger partial charge in [0.1, 0.15) is 17.3 Å². The van der Waals surface area contributed by atoms with Crippen molar-refractivity contribution in [2.45, 2.75) is 109 Å². The van der Waals surface area contributed by atoms with Crippen LogP contribution in [0.2, 0.25) is 0 Å². The molecule has 2 aliphatic heterocycles. The highest BCUT2D eigenvalue weighted by atomic mass is 17.2. The maximum atomic E-state index is 11.6. The van der Waals surface area contributed by atoms with Crippen LogP contribution < -0.4 is 0 Å². The predicted molar refractivity (Wildman–Crippen MR) is 113 cm³/mol. The van der Waals surface area contributed by atoms with E-state index in [9.17, 15) is 4.79 Å². The molecule has 28 heavy (non-hydrogen) atoms. The number of carbonyl (C=O) groups excluding carboxylic acids is 1. The van der Waals surface area contributed by atoms with Crippen molar-refractivity contribution >= 4 is 5.97 Å². The molecule has 3 atom stereocenters. The maximum Gasteiger partial charge on any atom is 0.309 e. The monoisotopic (exact) mass is 390 g/mol. The van der Waals surface area contributed by atoms with E-state index in [0.717, 1.165) is 25.7 Å². The third-order valence-corrected chi connectivity index (χ3v) is 5.64. The van der Waals surface area contributed by atoms with Crippen molar-refractivity contribution < 1.29 is 19.3 Å². The second kappa shape index (κ2) is 11.6. The van der Waals surface area contributed by atoms with Crippen LogP contribution in [-0.4, -0.2) is 23.3 Å². The van der Waals surface area contributed by atoms with E-state index in [4.69, 9.17) is 14.5 Å². The zero-order chi connectivity index (χ0) is 20.3. The van der Waals surface area contributed by atoms with E-state index < -0.39 is 5.60 Å². The molecule has 0 radical (unpaired) electrons. The second-order valence-electron chi connectivity index (χ2n) is 8.60. The zero-order valence-corrected chi connectivity index (χ0v) is 18.0. The normalized spacial score (nSPS) is 30.5. The molecular formula is C24H38O4. The first-order valence-corrected chi connectivity index (χ1v) is 11.0. The molecular weight excluding hydrogens is 352 g/mol.